The Morgan fingerprint density at radius 3 is 2.24 bits per heavy atom. The van der Waals surface area contributed by atoms with Crippen LogP contribution >= 0.6 is 11.6 Å². The molecule has 0 radical (unpaired) electrons. The third-order valence-corrected chi connectivity index (χ3v) is 5.30. The third kappa shape index (κ3) is 7.16. The fourth-order valence-corrected chi connectivity index (χ4v) is 3.44. The number of hydrogen-bond donors (Lipinski definition) is 2. The summed E-state index contributed by atoms with van der Waals surface area (Å²) in [5, 5.41) is 6.36. The van der Waals surface area contributed by atoms with Gasteiger partial charge in [-0.15, -0.1) is 0 Å². The molecule has 29 heavy (non-hydrogen) atoms. The fraction of sp³-hybridized carbons (Fsp3) is 0.364. The second-order valence-corrected chi connectivity index (χ2v) is 7.57. The SMILES string of the molecule is O=C(CN1CCN(CCC(=O)Nc2ccccc2Cl)CC1)NCc1ccccc1. The van der Waals surface area contributed by atoms with E-state index in [4.69, 9.17) is 11.6 Å². The number of nitrogens with zero attached hydrogens (tertiary/aromatic N) is 2. The van der Waals surface area contributed by atoms with E-state index in [1.165, 1.54) is 0 Å². The van der Waals surface area contributed by atoms with E-state index in [9.17, 15) is 9.59 Å². The number of halogens is 1. The van der Waals surface area contributed by atoms with Crippen LogP contribution in [-0.2, 0) is 16.1 Å². The maximum Gasteiger partial charge on any atom is 0.234 e. The highest BCUT2D eigenvalue weighted by molar-refractivity contribution is 6.33. The van der Waals surface area contributed by atoms with Gasteiger partial charge in [-0.3, -0.25) is 14.5 Å². The molecule has 154 valence electrons. The summed E-state index contributed by atoms with van der Waals surface area (Å²) in [6.45, 7) is 5.02. The molecule has 0 saturated carbocycles. The van der Waals surface area contributed by atoms with Gasteiger partial charge >= 0.3 is 0 Å². The Kier molecular flexibility index (Phi) is 8.04. The number of carbonyl (C=O) groups is 2. The molecule has 0 spiro atoms. The highest BCUT2D eigenvalue weighted by atomic mass is 35.5. The van der Waals surface area contributed by atoms with Gasteiger partial charge in [0.2, 0.25) is 11.8 Å². The van der Waals surface area contributed by atoms with Crippen LogP contribution in [0.4, 0.5) is 5.69 Å². The van der Waals surface area contributed by atoms with Crippen LogP contribution in [0, 0.1) is 0 Å². The maximum atomic E-state index is 12.2. The van der Waals surface area contributed by atoms with Crippen LogP contribution in [0.2, 0.25) is 5.02 Å². The summed E-state index contributed by atoms with van der Waals surface area (Å²) in [4.78, 5) is 28.7. The molecular formula is C22H27ClN4O2. The molecule has 1 heterocycles. The number of rotatable bonds is 8. The summed E-state index contributed by atoms with van der Waals surface area (Å²) < 4.78 is 0. The number of piperazine rings is 1. The standard InChI is InChI=1S/C22H27ClN4O2/c23-19-8-4-5-9-20(19)25-21(28)10-11-26-12-14-27(15-13-26)17-22(29)24-16-18-6-2-1-3-7-18/h1-9H,10-17H2,(H,24,29)(H,25,28). The second kappa shape index (κ2) is 11.0. The van der Waals surface area contributed by atoms with Crippen LogP contribution in [0.3, 0.4) is 0 Å². The Balaban J connectivity index is 1.31. The van der Waals surface area contributed by atoms with E-state index in [1.54, 1.807) is 12.1 Å². The molecule has 2 amide bonds. The molecule has 0 atom stereocenters. The van der Waals surface area contributed by atoms with Gasteiger partial charge in [0.25, 0.3) is 0 Å². The lowest BCUT2D eigenvalue weighted by Crippen LogP contribution is -2.49. The molecule has 3 rings (SSSR count). The van der Waals surface area contributed by atoms with Crippen molar-refractivity contribution in [3.63, 3.8) is 0 Å². The molecule has 2 aromatic carbocycles. The lowest BCUT2D eigenvalue weighted by molar-refractivity contribution is -0.122. The molecule has 2 N–H and O–H groups in total. The van der Waals surface area contributed by atoms with E-state index in [0.29, 0.717) is 36.8 Å². The van der Waals surface area contributed by atoms with Gasteiger partial charge in [0.15, 0.2) is 0 Å². The second-order valence-electron chi connectivity index (χ2n) is 7.16. The van der Waals surface area contributed by atoms with E-state index in [-0.39, 0.29) is 11.8 Å². The Hall–Kier alpha value is -2.41. The molecule has 0 aliphatic carbocycles. The van der Waals surface area contributed by atoms with Crippen molar-refractivity contribution in [3.8, 4) is 0 Å². The third-order valence-electron chi connectivity index (χ3n) is 4.97. The van der Waals surface area contributed by atoms with Gasteiger partial charge in [0, 0.05) is 45.7 Å². The first kappa shape index (κ1) is 21.3. The van der Waals surface area contributed by atoms with E-state index in [1.807, 2.05) is 42.5 Å². The smallest absolute Gasteiger partial charge is 0.234 e. The molecule has 1 saturated heterocycles. The number of anilines is 1. The van der Waals surface area contributed by atoms with Gasteiger partial charge < -0.3 is 15.5 Å². The molecule has 6 nitrogen and oxygen atoms in total. The van der Waals surface area contributed by atoms with Crippen LogP contribution in [0.5, 0.6) is 0 Å². The van der Waals surface area contributed by atoms with Gasteiger partial charge in [-0.05, 0) is 17.7 Å². The van der Waals surface area contributed by atoms with Crippen LogP contribution < -0.4 is 10.6 Å². The van der Waals surface area contributed by atoms with E-state index < -0.39 is 0 Å². The van der Waals surface area contributed by atoms with Crippen molar-refractivity contribution in [1.29, 1.82) is 0 Å². The predicted octanol–water partition coefficient (Wildman–Crippen LogP) is 2.60. The zero-order valence-corrected chi connectivity index (χ0v) is 17.2. The minimum Gasteiger partial charge on any atom is -0.351 e. The Bertz CT molecular complexity index is 807. The monoisotopic (exact) mass is 414 g/mol. The Morgan fingerprint density at radius 1 is 0.862 bits per heavy atom. The number of hydrogen-bond acceptors (Lipinski definition) is 4. The first-order chi connectivity index (χ1) is 14.1. The van der Waals surface area contributed by atoms with E-state index in [0.717, 1.165) is 31.7 Å². The van der Waals surface area contributed by atoms with E-state index in [2.05, 4.69) is 20.4 Å². The van der Waals surface area contributed by atoms with Gasteiger partial charge in [0.1, 0.15) is 0 Å². The predicted molar refractivity (Wildman–Crippen MR) is 116 cm³/mol. The number of benzene rings is 2. The van der Waals surface area contributed by atoms with Crippen molar-refractivity contribution in [1.82, 2.24) is 15.1 Å². The maximum absolute atomic E-state index is 12.2. The highest BCUT2D eigenvalue weighted by Gasteiger charge is 2.19. The summed E-state index contributed by atoms with van der Waals surface area (Å²) in [7, 11) is 0. The van der Waals surface area contributed by atoms with Crippen molar-refractivity contribution in [2.45, 2.75) is 13.0 Å². The zero-order chi connectivity index (χ0) is 20.5. The normalized spacial score (nSPS) is 15.1. The van der Waals surface area contributed by atoms with Gasteiger partial charge in [0.05, 0.1) is 17.3 Å². The first-order valence-electron chi connectivity index (χ1n) is 9.90. The van der Waals surface area contributed by atoms with Crippen LogP contribution in [-0.4, -0.2) is 60.9 Å². The molecule has 1 aliphatic heterocycles. The molecule has 0 unspecified atom stereocenters. The highest BCUT2D eigenvalue weighted by Crippen LogP contribution is 2.20. The Morgan fingerprint density at radius 2 is 1.52 bits per heavy atom. The molecule has 1 fully saturated rings. The summed E-state index contributed by atoms with van der Waals surface area (Å²) in [5.74, 6) is 0.00207. The molecule has 0 bridgehead atoms. The van der Waals surface area contributed by atoms with Crippen LogP contribution in [0.25, 0.3) is 0 Å². The van der Waals surface area contributed by atoms with Gasteiger partial charge in [-0.2, -0.15) is 0 Å². The van der Waals surface area contributed by atoms with Crippen molar-refractivity contribution < 1.29 is 9.59 Å². The average molecular weight is 415 g/mol. The molecule has 0 aromatic heterocycles. The molecule has 1 aliphatic rings. The quantitative estimate of drug-likeness (QED) is 0.697. The van der Waals surface area contributed by atoms with Crippen molar-refractivity contribution in [2.75, 3.05) is 44.6 Å². The van der Waals surface area contributed by atoms with Gasteiger partial charge in [-0.1, -0.05) is 54.1 Å². The average Bonchev–Trinajstić information content (AvgIpc) is 2.74. The van der Waals surface area contributed by atoms with Crippen molar-refractivity contribution in [2.24, 2.45) is 0 Å². The lowest BCUT2D eigenvalue weighted by atomic mass is 10.2. The van der Waals surface area contributed by atoms with Crippen LogP contribution in [0.1, 0.15) is 12.0 Å². The van der Waals surface area contributed by atoms with Crippen molar-refractivity contribution >= 4 is 29.1 Å². The number of nitrogens with one attached hydrogen (secondary N) is 2. The van der Waals surface area contributed by atoms with Crippen molar-refractivity contribution in [3.05, 3.63) is 65.2 Å². The molecular weight excluding hydrogens is 388 g/mol. The zero-order valence-electron chi connectivity index (χ0n) is 16.4. The fourth-order valence-electron chi connectivity index (χ4n) is 3.26. The summed E-state index contributed by atoms with van der Waals surface area (Å²) in [5.41, 5.74) is 1.74. The number of para-hydroxylation sites is 1. The summed E-state index contributed by atoms with van der Waals surface area (Å²) >= 11 is 6.07. The minimum atomic E-state index is -0.0409. The molecule has 2 aromatic rings. The lowest BCUT2D eigenvalue weighted by Gasteiger charge is -2.34. The largest absolute Gasteiger partial charge is 0.351 e. The number of carbonyl (C=O) groups excluding carboxylic acids is 2. The Labute approximate surface area is 176 Å². The minimum absolute atomic E-state index is 0.0409. The summed E-state index contributed by atoms with van der Waals surface area (Å²) in [6.07, 6.45) is 0.419. The molecule has 7 heteroatoms. The van der Waals surface area contributed by atoms with Crippen LogP contribution in [0.15, 0.2) is 54.6 Å². The first-order valence-corrected chi connectivity index (χ1v) is 10.3. The topological polar surface area (TPSA) is 64.7 Å². The summed E-state index contributed by atoms with van der Waals surface area (Å²) in [6, 6.07) is 17.1. The van der Waals surface area contributed by atoms with Gasteiger partial charge in [-0.25, -0.2) is 0 Å². The number of amides is 2. The van der Waals surface area contributed by atoms with E-state index >= 15 is 0 Å².